The molecule has 0 saturated heterocycles. The van der Waals surface area contributed by atoms with Crippen LogP contribution in [0.25, 0.3) is 22.0 Å². The van der Waals surface area contributed by atoms with E-state index in [9.17, 15) is 18.0 Å². The molecule has 0 aliphatic carbocycles. The summed E-state index contributed by atoms with van der Waals surface area (Å²) < 4.78 is 33.1. The van der Waals surface area contributed by atoms with E-state index in [-0.39, 0.29) is 17.2 Å². The molecule has 0 unspecified atom stereocenters. The average molecular weight is 495 g/mol. The van der Waals surface area contributed by atoms with Crippen LogP contribution in [0.4, 0.5) is 0 Å². The Kier molecular flexibility index (Phi) is 6.59. The van der Waals surface area contributed by atoms with Crippen molar-refractivity contribution in [2.75, 3.05) is 0 Å². The largest absolute Gasteiger partial charge is 0.478 e. The molecule has 0 aliphatic rings. The number of carboxylic acids is 2. The van der Waals surface area contributed by atoms with Crippen LogP contribution in [-0.4, -0.2) is 41.7 Å². The van der Waals surface area contributed by atoms with Crippen molar-refractivity contribution in [3.05, 3.63) is 84.1 Å². The predicted molar refractivity (Wildman–Crippen MR) is 129 cm³/mol. The van der Waals surface area contributed by atoms with Gasteiger partial charge in [-0.3, -0.25) is 0 Å². The van der Waals surface area contributed by atoms with Gasteiger partial charge in [0.05, 0.1) is 11.4 Å². The van der Waals surface area contributed by atoms with Crippen LogP contribution in [0.1, 0.15) is 11.3 Å². The van der Waals surface area contributed by atoms with E-state index in [4.69, 9.17) is 14.9 Å². The van der Waals surface area contributed by atoms with Crippen LogP contribution in [0.15, 0.2) is 77.7 Å². The molecule has 4 N–H and O–H groups in total. The number of aromatic nitrogens is 1. The maximum absolute atomic E-state index is 12.8. The quantitative estimate of drug-likeness (QED) is 0.260. The van der Waals surface area contributed by atoms with Crippen molar-refractivity contribution in [3.63, 3.8) is 0 Å². The van der Waals surface area contributed by atoms with Gasteiger partial charge in [0, 0.05) is 17.3 Å². The first-order valence-corrected chi connectivity index (χ1v) is 12.0. The number of hydrogen-bond donors (Lipinski definition) is 4. The summed E-state index contributed by atoms with van der Waals surface area (Å²) in [5, 5.41) is 18.7. The molecule has 1 heterocycles. The second kappa shape index (κ2) is 9.61. The number of sulfonamides is 1. The fourth-order valence-corrected chi connectivity index (χ4v) is 4.51. The minimum absolute atomic E-state index is 0.0141. The van der Waals surface area contributed by atoms with Crippen molar-refractivity contribution < 1.29 is 33.0 Å². The maximum atomic E-state index is 12.8. The summed E-state index contributed by atoms with van der Waals surface area (Å²) in [5.41, 5.74) is 4.14. The second-order valence-corrected chi connectivity index (χ2v) is 9.70. The molecular formula is C25H22N2O7S. The summed E-state index contributed by atoms with van der Waals surface area (Å²) in [4.78, 5) is 25.2. The van der Waals surface area contributed by atoms with Crippen LogP contribution in [0.3, 0.4) is 0 Å². The Morgan fingerprint density at radius 1 is 0.914 bits per heavy atom. The lowest BCUT2D eigenvalue weighted by molar-refractivity contribution is -0.159. The number of rotatable bonds is 9. The van der Waals surface area contributed by atoms with Gasteiger partial charge in [0.1, 0.15) is 5.75 Å². The second-order valence-electron chi connectivity index (χ2n) is 7.93. The monoisotopic (exact) mass is 494 g/mol. The molecule has 0 spiro atoms. The van der Waals surface area contributed by atoms with Crippen LogP contribution in [0, 0.1) is 6.92 Å². The summed E-state index contributed by atoms with van der Waals surface area (Å²) in [7, 11) is -3.77. The van der Waals surface area contributed by atoms with Crippen LogP contribution in [0.5, 0.6) is 5.75 Å². The smallest absolute Gasteiger partial charge is 0.356 e. The zero-order valence-corrected chi connectivity index (χ0v) is 19.4. The molecule has 1 aromatic heterocycles. The molecule has 0 atom stereocenters. The van der Waals surface area contributed by atoms with Gasteiger partial charge in [0.2, 0.25) is 10.0 Å². The first kappa shape index (κ1) is 24.0. The number of aromatic amines is 1. The highest BCUT2D eigenvalue weighted by atomic mass is 32.2. The van der Waals surface area contributed by atoms with Gasteiger partial charge in [-0.25, -0.2) is 22.7 Å². The number of aryl methyl sites for hydroxylation is 1. The molecule has 10 heteroatoms. The number of hydrogen-bond acceptors (Lipinski definition) is 5. The third kappa shape index (κ3) is 5.51. The first-order valence-electron chi connectivity index (χ1n) is 10.5. The van der Waals surface area contributed by atoms with Crippen LogP contribution < -0.4 is 9.46 Å². The summed E-state index contributed by atoms with van der Waals surface area (Å²) in [6, 6.07) is 20.8. The maximum Gasteiger partial charge on any atom is 0.356 e. The van der Waals surface area contributed by atoms with E-state index in [1.165, 1.54) is 12.1 Å². The number of aliphatic carboxylic acids is 2. The molecule has 4 aromatic rings. The highest BCUT2D eigenvalue weighted by Crippen LogP contribution is 2.24. The molecule has 180 valence electrons. The Labute approximate surface area is 201 Å². The fourth-order valence-electron chi connectivity index (χ4n) is 3.51. The molecule has 0 aliphatic heterocycles. The normalized spacial score (nSPS) is 11.6. The topological polar surface area (TPSA) is 146 Å². The van der Waals surface area contributed by atoms with Gasteiger partial charge in [-0.05, 0) is 53.8 Å². The van der Waals surface area contributed by atoms with Crippen molar-refractivity contribution in [2.45, 2.75) is 24.5 Å². The fraction of sp³-hybridized carbons (Fsp3) is 0.120. The van der Waals surface area contributed by atoms with E-state index in [2.05, 4.69) is 9.71 Å². The van der Waals surface area contributed by atoms with Crippen molar-refractivity contribution in [3.8, 4) is 16.9 Å². The van der Waals surface area contributed by atoms with Gasteiger partial charge < -0.3 is 19.9 Å². The highest BCUT2D eigenvalue weighted by molar-refractivity contribution is 7.89. The summed E-state index contributed by atoms with van der Waals surface area (Å²) in [6.07, 6.45) is -2.04. The molecule has 9 nitrogen and oxygen atoms in total. The third-order valence-corrected chi connectivity index (χ3v) is 6.77. The predicted octanol–water partition coefficient (Wildman–Crippen LogP) is 3.54. The molecule has 0 amide bonds. The molecule has 0 fully saturated rings. The lowest BCUT2D eigenvalue weighted by Crippen LogP contribution is -2.35. The number of fused-ring (bicyclic) bond motifs is 1. The molecule has 0 radical (unpaired) electrons. The van der Waals surface area contributed by atoms with E-state index < -0.39 is 28.1 Å². The molecule has 35 heavy (non-hydrogen) atoms. The van der Waals surface area contributed by atoms with Gasteiger partial charge in [-0.2, -0.15) is 0 Å². The molecule has 3 aromatic carbocycles. The molecular weight excluding hydrogens is 472 g/mol. The van der Waals surface area contributed by atoms with Crippen molar-refractivity contribution >= 4 is 32.9 Å². The van der Waals surface area contributed by atoms with Gasteiger partial charge in [-0.15, -0.1) is 0 Å². The minimum atomic E-state index is -3.77. The van der Waals surface area contributed by atoms with Gasteiger partial charge in [0.25, 0.3) is 6.10 Å². The molecule has 4 rings (SSSR count). The van der Waals surface area contributed by atoms with E-state index in [0.717, 1.165) is 22.1 Å². The van der Waals surface area contributed by atoms with Crippen molar-refractivity contribution in [1.29, 1.82) is 0 Å². The van der Waals surface area contributed by atoms with E-state index in [1.807, 2.05) is 31.2 Å². The summed E-state index contributed by atoms with van der Waals surface area (Å²) >= 11 is 0. The van der Waals surface area contributed by atoms with Crippen LogP contribution in [0.2, 0.25) is 0 Å². The summed E-state index contributed by atoms with van der Waals surface area (Å²) in [5.74, 6) is -3.19. The zero-order valence-electron chi connectivity index (χ0n) is 18.6. The Morgan fingerprint density at radius 3 is 2.11 bits per heavy atom. The van der Waals surface area contributed by atoms with Crippen LogP contribution >= 0.6 is 0 Å². The lowest BCUT2D eigenvalue weighted by Gasteiger charge is -2.10. The lowest BCUT2D eigenvalue weighted by atomic mass is 10.0. The minimum Gasteiger partial charge on any atom is -0.478 e. The average Bonchev–Trinajstić information content (AvgIpc) is 3.24. The third-order valence-electron chi connectivity index (χ3n) is 5.35. The Bertz CT molecular complexity index is 1480. The van der Waals surface area contributed by atoms with Gasteiger partial charge in [0.15, 0.2) is 0 Å². The van der Waals surface area contributed by atoms with Gasteiger partial charge in [-0.1, -0.05) is 42.0 Å². The summed E-state index contributed by atoms with van der Waals surface area (Å²) in [6.45, 7) is 1.99. The molecule has 0 saturated carbocycles. The number of carbonyl (C=O) groups is 2. The van der Waals surface area contributed by atoms with Gasteiger partial charge >= 0.3 is 11.9 Å². The SMILES string of the molecule is Cc1ccc(-c2ccc(S(=O)(=O)NCc3cc4ccc(OC(C(=O)O)C(=O)O)cc4[nH]3)cc2)cc1. The number of nitrogens with one attached hydrogen (secondary N) is 2. The Morgan fingerprint density at radius 2 is 1.51 bits per heavy atom. The number of H-pyrrole nitrogens is 1. The zero-order chi connectivity index (χ0) is 25.2. The molecule has 0 bridgehead atoms. The Hall–Kier alpha value is -4.15. The van der Waals surface area contributed by atoms with Crippen molar-refractivity contribution in [1.82, 2.24) is 9.71 Å². The first-order chi connectivity index (χ1) is 16.6. The van der Waals surface area contributed by atoms with E-state index >= 15 is 0 Å². The van der Waals surface area contributed by atoms with E-state index in [1.54, 1.807) is 36.4 Å². The van der Waals surface area contributed by atoms with Crippen LogP contribution in [-0.2, 0) is 26.2 Å². The highest BCUT2D eigenvalue weighted by Gasteiger charge is 2.28. The van der Waals surface area contributed by atoms with Crippen molar-refractivity contribution in [2.24, 2.45) is 0 Å². The number of ether oxygens (including phenoxy) is 1. The Balaban J connectivity index is 1.45. The van der Waals surface area contributed by atoms with E-state index in [0.29, 0.717) is 11.2 Å². The standard InChI is InChI=1S/C25H22N2O7S/c1-15-2-4-16(5-3-15)17-7-10-21(11-8-17)35(32,33)26-14-19-12-18-6-9-20(13-22(18)27-19)34-23(24(28)29)25(30)31/h2-13,23,26-27H,14H2,1H3,(H,28,29)(H,30,31). The number of benzene rings is 3. The number of carboxylic acid groups (broad SMARTS) is 2.